The Labute approximate surface area is 240 Å². The van der Waals surface area contributed by atoms with Crippen molar-refractivity contribution < 1.29 is 21.1 Å². The van der Waals surface area contributed by atoms with Gasteiger partial charge in [0, 0.05) is 34.6 Å². The van der Waals surface area contributed by atoms with Crippen LogP contribution in [0.5, 0.6) is 0 Å². The predicted octanol–water partition coefficient (Wildman–Crippen LogP) is 6.82. The molecule has 4 aromatic heterocycles. The number of aryl methyl sites for hydroxylation is 1. The molecule has 0 amide bonds. The number of nitrogens with zero attached hydrogens (tertiary/aromatic N) is 6. The Morgan fingerprint density at radius 2 is 1.50 bits per heavy atom. The van der Waals surface area contributed by atoms with Gasteiger partial charge in [-0.3, -0.25) is 9.97 Å². The number of aromatic nitrogens is 6. The summed E-state index contributed by atoms with van der Waals surface area (Å²) in [5, 5.41) is 19.7. The summed E-state index contributed by atoms with van der Waals surface area (Å²) in [6.45, 7) is 17.2. The van der Waals surface area contributed by atoms with Crippen molar-refractivity contribution >= 4 is 10.8 Å². The minimum absolute atomic E-state index is 0. The van der Waals surface area contributed by atoms with E-state index in [0.717, 1.165) is 56.9 Å². The van der Waals surface area contributed by atoms with Crippen LogP contribution in [0.25, 0.3) is 33.5 Å². The van der Waals surface area contributed by atoms with Crippen molar-refractivity contribution in [3.63, 3.8) is 0 Å². The van der Waals surface area contributed by atoms with Gasteiger partial charge in [-0.15, -0.1) is 0 Å². The van der Waals surface area contributed by atoms with Crippen LogP contribution in [0.15, 0.2) is 60.9 Å². The number of rotatable bonds is 3. The Morgan fingerprint density at radius 3 is 2.05 bits per heavy atom. The SMILES string of the molecule is CC(C)(C)c1ccncc1.CCc1n[n-]c(-c2cc3ccccc3c(-c3cc(C(C)(C)C)n[n-]3)n2)c1C.[Pt+2]. The topological polar surface area (TPSA) is 79.8 Å². The zero-order valence-corrected chi connectivity index (χ0v) is 25.8. The molecule has 0 aliphatic heterocycles. The first kappa shape index (κ1) is 29.4. The van der Waals surface area contributed by atoms with Crippen molar-refractivity contribution in [3.8, 4) is 22.8 Å². The van der Waals surface area contributed by atoms with E-state index in [1.54, 1.807) is 0 Å². The van der Waals surface area contributed by atoms with Crippen molar-refractivity contribution in [1.29, 1.82) is 0 Å². The molecule has 200 valence electrons. The molecule has 0 saturated heterocycles. The molecule has 5 aromatic rings. The third-order valence-corrected chi connectivity index (χ3v) is 6.47. The average Bonchev–Trinajstić information content (AvgIpc) is 3.51. The van der Waals surface area contributed by atoms with Gasteiger partial charge in [0.2, 0.25) is 0 Å². The van der Waals surface area contributed by atoms with Crippen molar-refractivity contribution in [3.05, 3.63) is 83.4 Å². The van der Waals surface area contributed by atoms with E-state index in [-0.39, 0.29) is 31.9 Å². The molecule has 0 bridgehead atoms. The molecule has 0 saturated carbocycles. The van der Waals surface area contributed by atoms with E-state index >= 15 is 0 Å². The molecule has 38 heavy (non-hydrogen) atoms. The number of hydrogen-bond donors (Lipinski definition) is 0. The molecule has 0 fully saturated rings. The summed E-state index contributed by atoms with van der Waals surface area (Å²) in [7, 11) is 0. The summed E-state index contributed by atoms with van der Waals surface area (Å²) >= 11 is 0. The molecule has 0 unspecified atom stereocenters. The molecule has 6 nitrogen and oxygen atoms in total. The van der Waals surface area contributed by atoms with E-state index in [0.29, 0.717) is 0 Å². The van der Waals surface area contributed by atoms with Crippen LogP contribution in [0, 0.1) is 6.92 Å². The number of hydrogen-bond acceptors (Lipinski definition) is 4. The second kappa shape index (κ2) is 11.7. The Kier molecular flexibility index (Phi) is 9.09. The van der Waals surface area contributed by atoms with Gasteiger partial charge in [0.15, 0.2) is 0 Å². The van der Waals surface area contributed by atoms with Gasteiger partial charge >= 0.3 is 21.1 Å². The molecular weight excluding hydrogens is 651 g/mol. The van der Waals surface area contributed by atoms with Gasteiger partial charge in [-0.2, -0.15) is 0 Å². The molecule has 0 aliphatic carbocycles. The molecule has 4 heterocycles. The minimum atomic E-state index is -0.0531. The van der Waals surface area contributed by atoms with Crippen LogP contribution >= 0.6 is 0 Å². The fourth-order valence-electron chi connectivity index (χ4n) is 4.12. The standard InChI is InChI=1S/C22H23N5.C9H13N.Pt/c1-6-16-13(2)20(27-24-16)17-11-14-9-7-8-10-15(14)21(23-17)18-12-19(26-25-18)22(3,4)5;1-9(2,3)8-4-6-10-7-5-8;/h7-12H,6H2,1-5H3;4-7H,1-3H3;/q-2;;+2. The van der Waals surface area contributed by atoms with Gasteiger partial charge < -0.3 is 20.4 Å². The van der Waals surface area contributed by atoms with Crippen molar-refractivity contribution in [2.45, 2.75) is 72.6 Å². The Balaban J connectivity index is 0.000000308. The number of pyridine rings is 2. The first-order valence-electron chi connectivity index (χ1n) is 12.8. The van der Waals surface area contributed by atoms with Gasteiger partial charge in [-0.25, -0.2) is 0 Å². The van der Waals surface area contributed by atoms with E-state index in [2.05, 4.69) is 111 Å². The Morgan fingerprint density at radius 1 is 0.816 bits per heavy atom. The summed E-state index contributed by atoms with van der Waals surface area (Å²) in [6.07, 6.45) is 4.53. The number of benzene rings is 1. The van der Waals surface area contributed by atoms with Crippen LogP contribution in [0.2, 0.25) is 0 Å². The van der Waals surface area contributed by atoms with Crippen LogP contribution in [0.3, 0.4) is 0 Å². The zero-order valence-electron chi connectivity index (χ0n) is 23.5. The molecule has 0 atom stereocenters. The summed E-state index contributed by atoms with van der Waals surface area (Å²) in [4.78, 5) is 8.90. The second-order valence-corrected chi connectivity index (χ2v) is 11.4. The smallest absolute Gasteiger partial charge is 0.573 e. The average molecular weight is 688 g/mol. The van der Waals surface area contributed by atoms with Crippen molar-refractivity contribution in [2.75, 3.05) is 0 Å². The van der Waals surface area contributed by atoms with Gasteiger partial charge in [0.1, 0.15) is 0 Å². The van der Waals surface area contributed by atoms with Crippen molar-refractivity contribution in [2.24, 2.45) is 0 Å². The molecule has 0 spiro atoms. The Bertz CT molecular complexity index is 1490. The van der Waals surface area contributed by atoms with E-state index < -0.39 is 0 Å². The second-order valence-electron chi connectivity index (χ2n) is 11.4. The van der Waals surface area contributed by atoms with Gasteiger partial charge in [-0.05, 0) is 53.5 Å². The van der Waals surface area contributed by atoms with Gasteiger partial charge in [0.05, 0.1) is 11.4 Å². The van der Waals surface area contributed by atoms with E-state index in [9.17, 15) is 0 Å². The fourth-order valence-corrected chi connectivity index (χ4v) is 4.12. The summed E-state index contributed by atoms with van der Waals surface area (Å²) < 4.78 is 0. The predicted molar refractivity (Wildman–Crippen MR) is 151 cm³/mol. The van der Waals surface area contributed by atoms with Crippen LogP contribution in [0.4, 0.5) is 0 Å². The quantitative estimate of drug-likeness (QED) is 0.207. The first-order chi connectivity index (χ1) is 17.5. The maximum absolute atomic E-state index is 4.94. The third-order valence-electron chi connectivity index (χ3n) is 6.47. The first-order valence-corrected chi connectivity index (χ1v) is 12.8. The summed E-state index contributed by atoms with van der Waals surface area (Å²) in [5.74, 6) is 0. The number of fused-ring (bicyclic) bond motifs is 1. The summed E-state index contributed by atoms with van der Waals surface area (Å²) in [5.41, 5.74) is 7.92. The molecular formula is C31H36N6Pt. The van der Waals surface area contributed by atoms with Crippen LogP contribution in [0.1, 0.15) is 71.0 Å². The molecule has 7 heteroatoms. The maximum Gasteiger partial charge on any atom is 2.00 e. The van der Waals surface area contributed by atoms with Crippen LogP contribution < -0.4 is 10.2 Å². The molecule has 0 radical (unpaired) electrons. The van der Waals surface area contributed by atoms with Gasteiger partial charge in [-0.1, -0.05) is 90.2 Å². The molecule has 1 aromatic carbocycles. The van der Waals surface area contributed by atoms with Gasteiger partial charge in [0.25, 0.3) is 0 Å². The van der Waals surface area contributed by atoms with Crippen LogP contribution in [-0.2, 0) is 38.3 Å². The normalized spacial score (nSPS) is 11.6. The molecule has 0 aliphatic rings. The molecule has 5 rings (SSSR count). The van der Waals surface area contributed by atoms with E-state index in [1.165, 1.54) is 5.56 Å². The van der Waals surface area contributed by atoms with Crippen LogP contribution in [-0.4, -0.2) is 20.2 Å². The fraction of sp³-hybridized carbons (Fsp3) is 0.355. The maximum atomic E-state index is 4.94. The van der Waals surface area contributed by atoms with Crippen molar-refractivity contribution in [1.82, 2.24) is 30.4 Å². The van der Waals surface area contributed by atoms with E-state index in [4.69, 9.17) is 4.98 Å². The monoisotopic (exact) mass is 687 g/mol. The summed E-state index contributed by atoms with van der Waals surface area (Å²) in [6, 6.07) is 16.5. The largest absolute Gasteiger partial charge is 2.00 e. The van der Waals surface area contributed by atoms with E-state index in [1.807, 2.05) is 30.6 Å². The Hall–Kier alpha value is -3.11. The minimum Gasteiger partial charge on any atom is -0.573 e. The molecule has 0 N–H and O–H groups in total. The zero-order chi connectivity index (χ0) is 26.8. The third kappa shape index (κ3) is 6.47.